The lowest BCUT2D eigenvalue weighted by Gasteiger charge is -2.18. The van der Waals surface area contributed by atoms with E-state index in [9.17, 15) is 9.59 Å². The molecule has 0 radical (unpaired) electrons. The Hall–Kier alpha value is -3.13. The van der Waals surface area contributed by atoms with E-state index in [0.717, 1.165) is 17.4 Å². The van der Waals surface area contributed by atoms with Crippen molar-refractivity contribution in [1.82, 2.24) is 0 Å². The van der Waals surface area contributed by atoms with Gasteiger partial charge in [0.25, 0.3) is 5.91 Å². The molecule has 0 aliphatic carbocycles. The lowest BCUT2D eigenvalue weighted by atomic mass is 10.1. The van der Waals surface area contributed by atoms with E-state index in [2.05, 4.69) is 5.32 Å². The van der Waals surface area contributed by atoms with Crippen molar-refractivity contribution >= 4 is 17.9 Å². The number of nitrogens with one attached hydrogen (secondary N) is 1. The molecule has 2 aromatic rings. The molecule has 122 valence electrons. The van der Waals surface area contributed by atoms with Crippen molar-refractivity contribution in [3.05, 3.63) is 58.7 Å². The summed E-state index contributed by atoms with van der Waals surface area (Å²) in [5, 5.41) is 11.6. The summed E-state index contributed by atoms with van der Waals surface area (Å²) in [4.78, 5) is 23.2. The van der Waals surface area contributed by atoms with Crippen molar-refractivity contribution in [3.63, 3.8) is 0 Å². The topological polar surface area (TPSA) is 79.2 Å². The van der Waals surface area contributed by atoms with E-state index >= 15 is 0 Å². The molecule has 0 fully saturated rings. The SMILES string of the molecule is Cc1cc(C=O)cc(C)c1O[C@H](C)C(=O)Nc1cccc(C#N)c1. The third-order valence-corrected chi connectivity index (χ3v) is 3.54. The third kappa shape index (κ3) is 3.99. The van der Waals surface area contributed by atoms with Gasteiger partial charge in [-0.3, -0.25) is 9.59 Å². The minimum absolute atomic E-state index is 0.316. The highest BCUT2D eigenvalue weighted by molar-refractivity contribution is 5.94. The van der Waals surface area contributed by atoms with Crippen molar-refractivity contribution in [2.24, 2.45) is 0 Å². The zero-order chi connectivity index (χ0) is 17.7. The molecule has 0 heterocycles. The van der Waals surface area contributed by atoms with Crippen molar-refractivity contribution in [3.8, 4) is 11.8 Å². The second kappa shape index (κ2) is 7.42. The lowest BCUT2D eigenvalue weighted by Crippen LogP contribution is -2.30. The molecule has 0 saturated carbocycles. The number of benzene rings is 2. The number of ether oxygens (including phenoxy) is 1. The van der Waals surface area contributed by atoms with Gasteiger partial charge in [-0.25, -0.2) is 0 Å². The fourth-order valence-electron chi connectivity index (χ4n) is 2.38. The molecule has 0 saturated heterocycles. The van der Waals surface area contributed by atoms with Crippen LogP contribution in [-0.4, -0.2) is 18.3 Å². The number of anilines is 1. The molecule has 5 nitrogen and oxygen atoms in total. The summed E-state index contributed by atoms with van der Waals surface area (Å²) in [5.74, 6) is 0.275. The summed E-state index contributed by atoms with van der Waals surface area (Å²) in [5.41, 5.74) is 3.17. The predicted octanol–water partition coefficient (Wildman–Crippen LogP) is 3.39. The van der Waals surface area contributed by atoms with Crippen molar-refractivity contribution in [2.45, 2.75) is 26.9 Å². The number of carbonyl (C=O) groups excluding carboxylic acids is 2. The molecule has 2 aromatic carbocycles. The third-order valence-electron chi connectivity index (χ3n) is 3.54. The average Bonchev–Trinajstić information content (AvgIpc) is 2.57. The Morgan fingerprint density at radius 2 is 1.92 bits per heavy atom. The molecule has 1 N–H and O–H groups in total. The van der Waals surface area contributed by atoms with Gasteiger partial charge in [-0.2, -0.15) is 5.26 Å². The van der Waals surface area contributed by atoms with Crippen LogP contribution >= 0.6 is 0 Å². The molecule has 0 unspecified atom stereocenters. The Labute approximate surface area is 140 Å². The van der Waals surface area contributed by atoms with Crippen LogP contribution in [0.25, 0.3) is 0 Å². The molecular weight excluding hydrogens is 304 g/mol. The molecular formula is C19H18N2O3. The van der Waals surface area contributed by atoms with Crippen LogP contribution in [0.3, 0.4) is 0 Å². The van der Waals surface area contributed by atoms with Crippen molar-refractivity contribution in [1.29, 1.82) is 5.26 Å². The maximum atomic E-state index is 12.3. The van der Waals surface area contributed by atoms with Gasteiger partial charge in [0.1, 0.15) is 12.0 Å². The Balaban J connectivity index is 2.12. The zero-order valence-corrected chi connectivity index (χ0v) is 13.8. The molecule has 1 amide bonds. The van der Waals surface area contributed by atoms with Gasteiger partial charge in [0.2, 0.25) is 0 Å². The second-order valence-corrected chi connectivity index (χ2v) is 5.54. The summed E-state index contributed by atoms with van der Waals surface area (Å²) >= 11 is 0. The zero-order valence-electron chi connectivity index (χ0n) is 13.8. The van der Waals surface area contributed by atoms with Crippen LogP contribution in [0.15, 0.2) is 36.4 Å². The van der Waals surface area contributed by atoms with Gasteiger partial charge in [-0.1, -0.05) is 6.07 Å². The van der Waals surface area contributed by atoms with Gasteiger partial charge in [-0.15, -0.1) is 0 Å². The first-order valence-corrected chi connectivity index (χ1v) is 7.48. The normalized spacial score (nSPS) is 11.2. The summed E-state index contributed by atoms with van der Waals surface area (Å²) in [6, 6.07) is 12.1. The van der Waals surface area contributed by atoms with Crippen LogP contribution in [-0.2, 0) is 4.79 Å². The number of nitrogens with zero attached hydrogens (tertiary/aromatic N) is 1. The number of rotatable bonds is 5. The average molecular weight is 322 g/mol. The fourth-order valence-corrected chi connectivity index (χ4v) is 2.38. The second-order valence-electron chi connectivity index (χ2n) is 5.54. The molecule has 0 spiro atoms. The fraction of sp³-hybridized carbons (Fsp3) is 0.211. The van der Waals surface area contributed by atoms with Crippen LogP contribution in [0.2, 0.25) is 0 Å². The van der Waals surface area contributed by atoms with E-state index in [1.54, 1.807) is 43.3 Å². The molecule has 0 aromatic heterocycles. The predicted molar refractivity (Wildman–Crippen MR) is 91.2 cm³/mol. The Kier molecular flexibility index (Phi) is 5.33. The van der Waals surface area contributed by atoms with Crippen LogP contribution in [0, 0.1) is 25.2 Å². The first-order chi connectivity index (χ1) is 11.4. The maximum Gasteiger partial charge on any atom is 0.265 e. The number of nitriles is 1. The summed E-state index contributed by atoms with van der Waals surface area (Å²) in [6.07, 6.45) is 0.0532. The molecule has 1 atom stereocenters. The molecule has 2 rings (SSSR count). The Bertz CT molecular complexity index is 799. The van der Waals surface area contributed by atoms with Gasteiger partial charge < -0.3 is 10.1 Å². The highest BCUT2D eigenvalue weighted by Crippen LogP contribution is 2.25. The van der Waals surface area contributed by atoms with Crippen molar-refractivity contribution < 1.29 is 14.3 Å². The summed E-state index contributed by atoms with van der Waals surface area (Å²) < 4.78 is 5.77. The summed E-state index contributed by atoms with van der Waals surface area (Å²) in [7, 11) is 0. The van der Waals surface area contributed by atoms with Gasteiger partial charge in [0.05, 0.1) is 11.6 Å². The van der Waals surface area contributed by atoms with Crippen LogP contribution < -0.4 is 10.1 Å². The molecule has 0 aliphatic heterocycles. The number of carbonyl (C=O) groups is 2. The minimum Gasteiger partial charge on any atom is -0.480 e. The Morgan fingerprint density at radius 3 is 2.50 bits per heavy atom. The van der Waals surface area contributed by atoms with Crippen LogP contribution in [0.5, 0.6) is 5.75 Å². The van der Waals surface area contributed by atoms with Crippen LogP contribution in [0.4, 0.5) is 5.69 Å². The number of amides is 1. The lowest BCUT2D eigenvalue weighted by molar-refractivity contribution is -0.122. The van der Waals surface area contributed by atoms with Crippen molar-refractivity contribution in [2.75, 3.05) is 5.32 Å². The standard InChI is InChI=1S/C19H18N2O3/c1-12-7-16(11-22)8-13(2)18(12)24-14(3)19(23)21-17-6-4-5-15(9-17)10-20/h4-9,11,14H,1-3H3,(H,21,23)/t14-/m1/s1. The van der Waals surface area contributed by atoms with Gasteiger partial charge in [0.15, 0.2) is 6.10 Å². The quantitative estimate of drug-likeness (QED) is 0.856. The smallest absolute Gasteiger partial charge is 0.265 e. The van der Waals surface area contributed by atoms with E-state index < -0.39 is 6.10 Å². The van der Waals surface area contributed by atoms with Gasteiger partial charge >= 0.3 is 0 Å². The van der Waals surface area contributed by atoms with E-state index in [-0.39, 0.29) is 5.91 Å². The first-order valence-electron chi connectivity index (χ1n) is 7.48. The van der Waals surface area contributed by atoms with Gasteiger partial charge in [0, 0.05) is 11.3 Å². The molecule has 0 aliphatic rings. The summed E-state index contributed by atoms with van der Waals surface area (Å²) in [6.45, 7) is 5.31. The van der Waals surface area contributed by atoms with E-state index in [1.807, 2.05) is 19.9 Å². The highest BCUT2D eigenvalue weighted by Gasteiger charge is 2.17. The van der Waals surface area contributed by atoms with E-state index in [1.165, 1.54) is 0 Å². The Morgan fingerprint density at radius 1 is 1.25 bits per heavy atom. The minimum atomic E-state index is -0.727. The maximum absolute atomic E-state index is 12.3. The number of hydrogen-bond acceptors (Lipinski definition) is 4. The van der Waals surface area contributed by atoms with Gasteiger partial charge in [-0.05, 0) is 62.2 Å². The molecule has 24 heavy (non-hydrogen) atoms. The highest BCUT2D eigenvalue weighted by atomic mass is 16.5. The number of aldehydes is 1. The number of aryl methyl sites for hydroxylation is 2. The molecule has 5 heteroatoms. The first kappa shape index (κ1) is 17.2. The van der Waals surface area contributed by atoms with Crippen LogP contribution in [0.1, 0.15) is 34.0 Å². The largest absolute Gasteiger partial charge is 0.480 e. The number of hydrogen-bond donors (Lipinski definition) is 1. The monoisotopic (exact) mass is 322 g/mol. The van der Waals surface area contributed by atoms with E-state index in [4.69, 9.17) is 10.00 Å². The molecule has 0 bridgehead atoms. The van der Waals surface area contributed by atoms with E-state index in [0.29, 0.717) is 22.6 Å².